The summed E-state index contributed by atoms with van der Waals surface area (Å²) in [4.78, 5) is 12.3. The average Bonchev–Trinajstić information content (AvgIpc) is 2.94. The van der Waals surface area contributed by atoms with Crippen LogP contribution in [0.25, 0.3) is 0 Å². The summed E-state index contributed by atoms with van der Waals surface area (Å²) < 4.78 is 10.9. The van der Waals surface area contributed by atoms with E-state index in [9.17, 15) is 4.79 Å². The third kappa shape index (κ3) is 4.65. The van der Waals surface area contributed by atoms with Crippen molar-refractivity contribution in [3.8, 4) is 5.75 Å². The SMILES string of the molecule is Cc1noc(C)c1COc1ccc(CC(=O)NC2CCCCC2C)cc1. The molecule has 1 heterocycles. The van der Waals surface area contributed by atoms with Crippen molar-refractivity contribution in [2.24, 2.45) is 5.92 Å². The van der Waals surface area contributed by atoms with Crippen LogP contribution in [0.3, 0.4) is 0 Å². The molecule has 0 aliphatic heterocycles. The highest BCUT2D eigenvalue weighted by Crippen LogP contribution is 2.24. The molecular weight excluding hydrogens is 328 g/mol. The van der Waals surface area contributed by atoms with Gasteiger partial charge in [0.1, 0.15) is 18.1 Å². The van der Waals surface area contributed by atoms with Crippen LogP contribution >= 0.6 is 0 Å². The highest BCUT2D eigenvalue weighted by Gasteiger charge is 2.22. The lowest BCUT2D eigenvalue weighted by Crippen LogP contribution is -2.41. The number of amides is 1. The third-order valence-electron chi connectivity index (χ3n) is 5.31. The second kappa shape index (κ2) is 8.39. The molecule has 26 heavy (non-hydrogen) atoms. The van der Waals surface area contributed by atoms with Crippen molar-refractivity contribution in [2.45, 2.75) is 65.5 Å². The largest absolute Gasteiger partial charge is 0.489 e. The Balaban J connectivity index is 1.50. The molecule has 2 atom stereocenters. The summed E-state index contributed by atoms with van der Waals surface area (Å²) in [6.45, 7) is 6.45. The van der Waals surface area contributed by atoms with E-state index >= 15 is 0 Å². The molecule has 2 unspecified atom stereocenters. The molecule has 1 saturated carbocycles. The fourth-order valence-electron chi connectivity index (χ4n) is 3.54. The summed E-state index contributed by atoms with van der Waals surface area (Å²) >= 11 is 0. The maximum atomic E-state index is 12.3. The summed E-state index contributed by atoms with van der Waals surface area (Å²) in [5, 5.41) is 7.13. The molecule has 1 aromatic carbocycles. The first-order valence-corrected chi connectivity index (χ1v) is 9.46. The summed E-state index contributed by atoms with van der Waals surface area (Å²) in [7, 11) is 0. The van der Waals surface area contributed by atoms with Crippen LogP contribution < -0.4 is 10.1 Å². The van der Waals surface area contributed by atoms with Gasteiger partial charge in [0, 0.05) is 6.04 Å². The van der Waals surface area contributed by atoms with Gasteiger partial charge in [0.2, 0.25) is 5.91 Å². The number of rotatable bonds is 6. The van der Waals surface area contributed by atoms with Crippen molar-refractivity contribution in [3.63, 3.8) is 0 Å². The maximum Gasteiger partial charge on any atom is 0.224 e. The highest BCUT2D eigenvalue weighted by atomic mass is 16.5. The molecule has 0 bridgehead atoms. The van der Waals surface area contributed by atoms with E-state index in [0.717, 1.165) is 34.8 Å². The number of hydrogen-bond acceptors (Lipinski definition) is 4. The highest BCUT2D eigenvalue weighted by molar-refractivity contribution is 5.78. The van der Waals surface area contributed by atoms with Crippen molar-refractivity contribution < 1.29 is 14.1 Å². The van der Waals surface area contributed by atoms with Gasteiger partial charge in [0.25, 0.3) is 0 Å². The lowest BCUT2D eigenvalue weighted by Gasteiger charge is -2.29. The lowest BCUT2D eigenvalue weighted by atomic mass is 9.86. The molecule has 1 amide bonds. The number of nitrogens with one attached hydrogen (secondary N) is 1. The molecule has 5 heteroatoms. The molecule has 1 fully saturated rings. The molecule has 1 aromatic heterocycles. The van der Waals surface area contributed by atoms with Gasteiger partial charge in [-0.25, -0.2) is 0 Å². The van der Waals surface area contributed by atoms with E-state index in [1.165, 1.54) is 19.3 Å². The van der Waals surface area contributed by atoms with E-state index in [-0.39, 0.29) is 5.91 Å². The zero-order chi connectivity index (χ0) is 18.5. The summed E-state index contributed by atoms with van der Waals surface area (Å²) in [5.74, 6) is 2.24. The molecule has 2 aromatic rings. The molecule has 3 rings (SSSR count). The second-order valence-electron chi connectivity index (χ2n) is 7.35. The summed E-state index contributed by atoms with van der Waals surface area (Å²) in [6.07, 6.45) is 5.21. The Morgan fingerprint density at radius 2 is 1.96 bits per heavy atom. The monoisotopic (exact) mass is 356 g/mol. The number of aromatic nitrogens is 1. The van der Waals surface area contributed by atoms with Crippen LogP contribution in [0.4, 0.5) is 0 Å². The topological polar surface area (TPSA) is 64.4 Å². The third-order valence-corrected chi connectivity index (χ3v) is 5.31. The fourth-order valence-corrected chi connectivity index (χ4v) is 3.54. The van der Waals surface area contributed by atoms with Gasteiger partial charge in [0.15, 0.2) is 0 Å². The Morgan fingerprint density at radius 1 is 1.23 bits per heavy atom. The number of ether oxygens (including phenoxy) is 1. The molecule has 140 valence electrons. The second-order valence-corrected chi connectivity index (χ2v) is 7.35. The van der Waals surface area contributed by atoms with Crippen LogP contribution in [0.15, 0.2) is 28.8 Å². The first-order chi connectivity index (χ1) is 12.5. The molecular formula is C21H28N2O3. The van der Waals surface area contributed by atoms with E-state index in [2.05, 4.69) is 17.4 Å². The van der Waals surface area contributed by atoms with Gasteiger partial charge < -0.3 is 14.6 Å². The van der Waals surface area contributed by atoms with E-state index in [1.807, 2.05) is 38.1 Å². The van der Waals surface area contributed by atoms with Crippen molar-refractivity contribution in [1.29, 1.82) is 0 Å². The zero-order valence-corrected chi connectivity index (χ0v) is 15.9. The van der Waals surface area contributed by atoms with Crippen LogP contribution in [0, 0.1) is 19.8 Å². The molecule has 1 aliphatic carbocycles. The number of carbonyl (C=O) groups is 1. The van der Waals surface area contributed by atoms with Gasteiger partial charge in [-0.2, -0.15) is 0 Å². The van der Waals surface area contributed by atoms with Crippen molar-refractivity contribution in [1.82, 2.24) is 10.5 Å². The molecule has 0 saturated heterocycles. The first kappa shape index (κ1) is 18.5. The Bertz CT molecular complexity index is 717. The molecule has 0 spiro atoms. The van der Waals surface area contributed by atoms with E-state index in [0.29, 0.717) is 25.0 Å². The fraction of sp³-hybridized carbons (Fsp3) is 0.524. The smallest absolute Gasteiger partial charge is 0.224 e. The minimum absolute atomic E-state index is 0.105. The number of benzene rings is 1. The van der Waals surface area contributed by atoms with Gasteiger partial charge in [-0.3, -0.25) is 4.79 Å². The van der Waals surface area contributed by atoms with Crippen LogP contribution in [0.5, 0.6) is 5.75 Å². The molecule has 1 N–H and O–H groups in total. The molecule has 0 radical (unpaired) electrons. The van der Waals surface area contributed by atoms with Gasteiger partial charge in [-0.05, 0) is 50.3 Å². The van der Waals surface area contributed by atoms with E-state index in [4.69, 9.17) is 9.26 Å². The Labute approximate surface area is 155 Å². The predicted octanol–water partition coefficient (Wildman–Crippen LogP) is 4.11. The maximum absolute atomic E-state index is 12.3. The van der Waals surface area contributed by atoms with Crippen molar-refractivity contribution in [3.05, 3.63) is 46.8 Å². The zero-order valence-electron chi connectivity index (χ0n) is 15.9. The Hall–Kier alpha value is -2.30. The summed E-state index contributed by atoms with van der Waals surface area (Å²) in [6, 6.07) is 8.04. The standard InChI is InChI=1S/C21H28N2O3/c1-14-6-4-5-7-20(14)22-21(24)12-17-8-10-18(11-9-17)25-13-19-15(2)23-26-16(19)3/h8-11,14,20H,4-7,12-13H2,1-3H3,(H,22,24). The number of carbonyl (C=O) groups excluding carboxylic acids is 1. The van der Waals surface area contributed by atoms with Crippen LogP contribution in [-0.2, 0) is 17.8 Å². The lowest BCUT2D eigenvalue weighted by molar-refractivity contribution is -0.121. The van der Waals surface area contributed by atoms with Crippen LogP contribution in [-0.4, -0.2) is 17.1 Å². The molecule has 1 aliphatic rings. The van der Waals surface area contributed by atoms with E-state index in [1.54, 1.807) is 0 Å². The van der Waals surface area contributed by atoms with Gasteiger partial charge in [0.05, 0.1) is 17.7 Å². The Morgan fingerprint density at radius 3 is 2.62 bits per heavy atom. The van der Waals surface area contributed by atoms with E-state index < -0.39 is 0 Å². The van der Waals surface area contributed by atoms with Crippen LogP contribution in [0.2, 0.25) is 0 Å². The number of hydrogen-bond donors (Lipinski definition) is 1. The predicted molar refractivity (Wildman–Crippen MR) is 100 cm³/mol. The Kier molecular flexibility index (Phi) is 5.96. The minimum Gasteiger partial charge on any atom is -0.489 e. The minimum atomic E-state index is 0.105. The number of nitrogens with zero attached hydrogens (tertiary/aromatic N) is 1. The molecule has 5 nitrogen and oxygen atoms in total. The van der Waals surface area contributed by atoms with Gasteiger partial charge in [-0.1, -0.05) is 37.1 Å². The quantitative estimate of drug-likeness (QED) is 0.846. The van der Waals surface area contributed by atoms with Crippen molar-refractivity contribution >= 4 is 5.91 Å². The van der Waals surface area contributed by atoms with Gasteiger partial charge >= 0.3 is 0 Å². The average molecular weight is 356 g/mol. The van der Waals surface area contributed by atoms with Gasteiger partial charge in [-0.15, -0.1) is 0 Å². The van der Waals surface area contributed by atoms with Crippen LogP contribution in [0.1, 0.15) is 55.2 Å². The first-order valence-electron chi connectivity index (χ1n) is 9.46. The number of aryl methyl sites for hydroxylation is 2. The normalized spacial score (nSPS) is 20.0. The summed E-state index contributed by atoms with van der Waals surface area (Å²) in [5.41, 5.74) is 2.83. The van der Waals surface area contributed by atoms with Crippen molar-refractivity contribution in [2.75, 3.05) is 0 Å².